The van der Waals surface area contributed by atoms with Gasteiger partial charge in [-0.25, -0.2) is 9.97 Å². The number of rotatable bonds is 5. The molecule has 2 aromatic rings. The van der Waals surface area contributed by atoms with Crippen LogP contribution in [0.5, 0.6) is 0 Å². The average Bonchev–Trinajstić information content (AvgIpc) is 2.80. The fourth-order valence-corrected chi connectivity index (χ4v) is 1.81. The summed E-state index contributed by atoms with van der Waals surface area (Å²) in [5.74, 6) is -0.973. The molecule has 1 N–H and O–H groups in total. The molecule has 0 aromatic carbocycles. The number of nitrogens with zero attached hydrogens (tertiary/aromatic N) is 3. The molecule has 0 amide bonds. The number of aromatic nitrogens is 4. The molecule has 9 nitrogen and oxygen atoms in total. The highest BCUT2D eigenvalue weighted by Crippen LogP contribution is 2.07. The molecule has 0 spiro atoms. The van der Waals surface area contributed by atoms with Crippen molar-refractivity contribution < 1.29 is 19.1 Å². The second-order valence-electron chi connectivity index (χ2n) is 4.33. The lowest BCUT2D eigenvalue weighted by Crippen LogP contribution is -2.28. The zero-order valence-electron chi connectivity index (χ0n) is 11.5. The van der Waals surface area contributed by atoms with Crippen LogP contribution in [0.2, 0.25) is 0 Å². The van der Waals surface area contributed by atoms with Gasteiger partial charge in [-0.05, 0) is 0 Å². The standard InChI is InChI=1S/C12H14N4O5/c1-7(17)20-4-9(21-8(2)18)3-16-6-15-10-11(16)13-5-14-12(10)19/h5-6,9H,3-4H2,1-2H3,(H,13,14,19). The molecule has 0 saturated carbocycles. The van der Waals surface area contributed by atoms with Crippen molar-refractivity contribution in [3.8, 4) is 0 Å². The summed E-state index contributed by atoms with van der Waals surface area (Å²) in [4.78, 5) is 43.9. The third-order valence-corrected chi connectivity index (χ3v) is 2.61. The van der Waals surface area contributed by atoms with Crippen LogP contribution in [0.25, 0.3) is 11.2 Å². The third kappa shape index (κ3) is 3.65. The molecule has 2 heterocycles. The molecule has 0 aliphatic heterocycles. The summed E-state index contributed by atoms with van der Waals surface area (Å²) in [5.41, 5.74) is 0.188. The molecular formula is C12H14N4O5. The van der Waals surface area contributed by atoms with Gasteiger partial charge in [-0.2, -0.15) is 0 Å². The molecule has 0 saturated heterocycles. The van der Waals surface area contributed by atoms with E-state index >= 15 is 0 Å². The predicted molar refractivity (Wildman–Crippen MR) is 70.3 cm³/mol. The fraction of sp³-hybridized carbons (Fsp3) is 0.417. The summed E-state index contributed by atoms with van der Waals surface area (Å²) in [6, 6.07) is 0. The summed E-state index contributed by atoms with van der Waals surface area (Å²) in [5, 5.41) is 0. The number of H-pyrrole nitrogens is 1. The molecule has 0 radical (unpaired) electrons. The van der Waals surface area contributed by atoms with E-state index in [2.05, 4.69) is 15.0 Å². The molecule has 0 bridgehead atoms. The number of imidazole rings is 1. The van der Waals surface area contributed by atoms with Crippen LogP contribution >= 0.6 is 0 Å². The van der Waals surface area contributed by atoms with E-state index in [4.69, 9.17) is 9.47 Å². The van der Waals surface area contributed by atoms with Gasteiger partial charge in [0.05, 0.1) is 19.2 Å². The lowest BCUT2D eigenvalue weighted by atomic mass is 10.3. The van der Waals surface area contributed by atoms with Gasteiger partial charge in [0.15, 0.2) is 17.3 Å². The Kier molecular flexibility index (Phi) is 4.31. The minimum atomic E-state index is -0.690. The van der Waals surface area contributed by atoms with Crippen LogP contribution in [0, 0.1) is 0 Å². The van der Waals surface area contributed by atoms with Crippen molar-refractivity contribution in [1.82, 2.24) is 19.5 Å². The topological polar surface area (TPSA) is 116 Å². The van der Waals surface area contributed by atoms with E-state index in [1.54, 1.807) is 4.57 Å². The predicted octanol–water partition coefficient (Wildman–Crippen LogP) is -0.386. The monoisotopic (exact) mass is 294 g/mol. The van der Waals surface area contributed by atoms with E-state index in [0.29, 0.717) is 5.65 Å². The number of carbonyl (C=O) groups is 2. The Morgan fingerprint density at radius 1 is 1.33 bits per heavy atom. The maximum atomic E-state index is 11.5. The Labute approximate surface area is 118 Å². The van der Waals surface area contributed by atoms with Crippen LogP contribution in [0.4, 0.5) is 0 Å². The van der Waals surface area contributed by atoms with E-state index in [9.17, 15) is 14.4 Å². The van der Waals surface area contributed by atoms with Crippen molar-refractivity contribution in [2.75, 3.05) is 6.61 Å². The molecule has 0 aliphatic carbocycles. The summed E-state index contributed by atoms with van der Waals surface area (Å²) in [6.07, 6.45) is 1.98. The van der Waals surface area contributed by atoms with Crippen LogP contribution in [-0.4, -0.2) is 44.2 Å². The Balaban J connectivity index is 2.21. The minimum Gasteiger partial charge on any atom is -0.462 e. The first-order valence-electron chi connectivity index (χ1n) is 6.16. The van der Waals surface area contributed by atoms with Crippen molar-refractivity contribution in [2.45, 2.75) is 26.5 Å². The molecule has 0 fully saturated rings. The summed E-state index contributed by atoms with van der Waals surface area (Å²) >= 11 is 0. The van der Waals surface area contributed by atoms with Crippen LogP contribution in [-0.2, 0) is 25.6 Å². The molecule has 21 heavy (non-hydrogen) atoms. The number of hydrogen-bond acceptors (Lipinski definition) is 7. The van der Waals surface area contributed by atoms with E-state index in [1.807, 2.05) is 0 Å². The molecule has 1 unspecified atom stereocenters. The summed E-state index contributed by atoms with van der Waals surface area (Å²) in [7, 11) is 0. The van der Waals surface area contributed by atoms with Gasteiger partial charge >= 0.3 is 11.9 Å². The highest BCUT2D eigenvalue weighted by atomic mass is 16.6. The molecule has 9 heteroatoms. The van der Waals surface area contributed by atoms with Crippen molar-refractivity contribution in [3.05, 3.63) is 23.0 Å². The van der Waals surface area contributed by atoms with Gasteiger partial charge in [-0.1, -0.05) is 0 Å². The van der Waals surface area contributed by atoms with E-state index in [0.717, 1.165) is 0 Å². The normalized spacial score (nSPS) is 12.1. The second kappa shape index (κ2) is 6.16. The van der Waals surface area contributed by atoms with Crippen LogP contribution in [0.1, 0.15) is 13.8 Å². The Morgan fingerprint density at radius 3 is 2.76 bits per heavy atom. The Hall–Kier alpha value is -2.71. The zero-order valence-corrected chi connectivity index (χ0v) is 11.5. The number of nitrogens with one attached hydrogen (secondary N) is 1. The van der Waals surface area contributed by atoms with Crippen molar-refractivity contribution >= 4 is 23.1 Å². The maximum absolute atomic E-state index is 11.5. The maximum Gasteiger partial charge on any atom is 0.303 e. The van der Waals surface area contributed by atoms with Gasteiger partial charge in [-0.15, -0.1) is 0 Å². The molecule has 2 aromatic heterocycles. The molecule has 0 aliphatic rings. The molecule has 112 valence electrons. The van der Waals surface area contributed by atoms with E-state index < -0.39 is 18.0 Å². The molecular weight excluding hydrogens is 280 g/mol. The molecule has 2 rings (SSSR count). The third-order valence-electron chi connectivity index (χ3n) is 2.61. The smallest absolute Gasteiger partial charge is 0.303 e. The van der Waals surface area contributed by atoms with Gasteiger partial charge in [0.2, 0.25) is 0 Å². The van der Waals surface area contributed by atoms with Crippen LogP contribution < -0.4 is 5.56 Å². The number of fused-ring (bicyclic) bond motifs is 1. The van der Waals surface area contributed by atoms with Gasteiger partial charge < -0.3 is 19.0 Å². The second-order valence-corrected chi connectivity index (χ2v) is 4.33. The molecule has 1 atom stereocenters. The lowest BCUT2D eigenvalue weighted by Gasteiger charge is -2.17. The summed E-state index contributed by atoms with van der Waals surface area (Å²) < 4.78 is 11.5. The fourth-order valence-electron chi connectivity index (χ4n) is 1.81. The Morgan fingerprint density at radius 2 is 2.10 bits per heavy atom. The largest absolute Gasteiger partial charge is 0.462 e. The van der Waals surface area contributed by atoms with Gasteiger partial charge in [0.25, 0.3) is 5.56 Å². The first-order chi connectivity index (χ1) is 9.97. The van der Waals surface area contributed by atoms with Crippen molar-refractivity contribution in [2.24, 2.45) is 0 Å². The van der Waals surface area contributed by atoms with Gasteiger partial charge in [-0.3, -0.25) is 14.4 Å². The quantitative estimate of drug-likeness (QED) is 0.747. The first-order valence-corrected chi connectivity index (χ1v) is 6.16. The number of hydrogen-bond donors (Lipinski definition) is 1. The highest BCUT2D eigenvalue weighted by Gasteiger charge is 2.17. The van der Waals surface area contributed by atoms with Crippen LogP contribution in [0.15, 0.2) is 17.4 Å². The van der Waals surface area contributed by atoms with Gasteiger partial charge in [0, 0.05) is 13.8 Å². The van der Waals surface area contributed by atoms with Crippen molar-refractivity contribution in [3.63, 3.8) is 0 Å². The van der Waals surface area contributed by atoms with E-state index in [-0.39, 0.29) is 24.2 Å². The SMILES string of the molecule is CC(=O)OCC(Cn1cnc2c(=O)[nH]cnc21)OC(C)=O. The Bertz CT molecular complexity index is 720. The number of aromatic amines is 1. The number of ether oxygens (including phenoxy) is 2. The minimum absolute atomic E-state index is 0.0855. The first kappa shape index (κ1) is 14.7. The lowest BCUT2D eigenvalue weighted by molar-refractivity contribution is -0.157. The number of carbonyl (C=O) groups excluding carboxylic acids is 2. The number of esters is 2. The van der Waals surface area contributed by atoms with Crippen LogP contribution in [0.3, 0.4) is 0 Å². The zero-order chi connectivity index (χ0) is 15.4. The average molecular weight is 294 g/mol. The van der Waals surface area contributed by atoms with E-state index in [1.165, 1.54) is 26.5 Å². The van der Waals surface area contributed by atoms with Gasteiger partial charge in [0.1, 0.15) is 6.61 Å². The summed E-state index contributed by atoms with van der Waals surface area (Å²) in [6.45, 7) is 2.60. The highest BCUT2D eigenvalue weighted by molar-refractivity contribution is 5.69. The van der Waals surface area contributed by atoms with Crippen molar-refractivity contribution in [1.29, 1.82) is 0 Å².